The van der Waals surface area contributed by atoms with Crippen LogP contribution < -0.4 is 10.6 Å². The Bertz CT molecular complexity index is 228. The first-order chi connectivity index (χ1) is 7.29. The van der Waals surface area contributed by atoms with Crippen molar-refractivity contribution in [2.24, 2.45) is 0 Å². The van der Waals surface area contributed by atoms with Gasteiger partial charge in [-0.2, -0.15) is 0 Å². The third-order valence-electron chi connectivity index (χ3n) is 3.32. The maximum absolute atomic E-state index is 11.4. The van der Waals surface area contributed by atoms with Gasteiger partial charge < -0.3 is 10.6 Å². The minimum Gasteiger partial charge on any atom is -0.337 e. The molecule has 0 aromatic carbocycles. The van der Waals surface area contributed by atoms with Gasteiger partial charge in [-0.15, -0.1) is 0 Å². The smallest absolute Gasteiger partial charge is 0.315 e. The lowest BCUT2D eigenvalue weighted by Gasteiger charge is -2.22. The predicted octanol–water partition coefficient (Wildman–Crippen LogP) is 0.932. The van der Waals surface area contributed by atoms with Gasteiger partial charge in [0, 0.05) is 18.6 Å². The van der Waals surface area contributed by atoms with Crippen LogP contribution in [0.3, 0.4) is 0 Å². The quantitative estimate of drug-likeness (QED) is 0.726. The van der Waals surface area contributed by atoms with Crippen LogP contribution in [0.15, 0.2) is 0 Å². The molecule has 2 rings (SSSR count). The molecule has 1 aliphatic heterocycles. The van der Waals surface area contributed by atoms with Crippen LogP contribution in [0.5, 0.6) is 0 Å². The van der Waals surface area contributed by atoms with Crippen LogP contribution in [0.25, 0.3) is 0 Å². The van der Waals surface area contributed by atoms with Gasteiger partial charge in [-0.3, -0.25) is 4.90 Å². The average Bonchev–Trinajstić information content (AvgIpc) is 2.92. The number of carbonyl (C=O) groups is 1. The number of carbonyl (C=O) groups excluding carboxylic acids is 1. The number of likely N-dealkylation sites (N-methyl/N-ethyl adjacent to an activating group) is 1. The van der Waals surface area contributed by atoms with Crippen molar-refractivity contribution in [1.82, 2.24) is 15.5 Å². The van der Waals surface area contributed by atoms with Crippen LogP contribution in [0.4, 0.5) is 4.79 Å². The summed E-state index contributed by atoms with van der Waals surface area (Å²) in [5, 5.41) is 5.91. The molecule has 0 aromatic heterocycles. The van der Waals surface area contributed by atoms with E-state index in [1.807, 2.05) is 0 Å². The number of likely N-dealkylation sites (tertiary alicyclic amines) is 1. The molecule has 1 heterocycles. The van der Waals surface area contributed by atoms with Crippen LogP contribution >= 0.6 is 0 Å². The second-order valence-corrected chi connectivity index (χ2v) is 4.55. The Morgan fingerprint density at radius 2 is 2.20 bits per heavy atom. The highest BCUT2D eigenvalue weighted by Gasteiger charge is 2.25. The van der Waals surface area contributed by atoms with E-state index >= 15 is 0 Å². The fourth-order valence-electron chi connectivity index (χ4n) is 2.22. The first-order valence-corrected chi connectivity index (χ1v) is 6.08. The topological polar surface area (TPSA) is 44.4 Å². The molecule has 0 unspecified atom stereocenters. The van der Waals surface area contributed by atoms with Crippen LogP contribution in [0.1, 0.15) is 32.6 Å². The standard InChI is InChI=1S/C11H21N3O/c1-2-14-7-3-4-10(14)8-12-11(15)13-9-5-6-9/h9-10H,2-8H2,1H3,(H2,12,13,15)/t10-/m0/s1. The van der Waals surface area contributed by atoms with Crippen molar-refractivity contribution in [1.29, 1.82) is 0 Å². The van der Waals surface area contributed by atoms with Crippen molar-refractivity contribution >= 4 is 6.03 Å². The Kier molecular flexibility index (Phi) is 3.46. The number of urea groups is 1. The molecule has 2 N–H and O–H groups in total. The van der Waals surface area contributed by atoms with Gasteiger partial charge in [0.25, 0.3) is 0 Å². The van der Waals surface area contributed by atoms with E-state index in [0.29, 0.717) is 12.1 Å². The minimum atomic E-state index is 0.0143. The minimum absolute atomic E-state index is 0.0143. The maximum atomic E-state index is 11.4. The molecule has 86 valence electrons. The SMILES string of the molecule is CCN1CCC[C@H]1CNC(=O)NC1CC1. The number of rotatable bonds is 4. The molecular formula is C11H21N3O. The summed E-state index contributed by atoms with van der Waals surface area (Å²) in [6, 6.07) is 1.02. The highest BCUT2D eigenvalue weighted by molar-refractivity contribution is 5.74. The van der Waals surface area contributed by atoms with E-state index in [-0.39, 0.29) is 6.03 Å². The maximum Gasteiger partial charge on any atom is 0.315 e. The van der Waals surface area contributed by atoms with E-state index in [0.717, 1.165) is 25.9 Å². The monoisotopic (exact) mass is 211 g/mol. The zero-order valence-electron chi connectivity index (χ0n) is 9.46. The van der Waals surface area contributed by atoms with Crippen molar-refractivity contribution in [3.8, 4) is 0 Å². The fraction of sp³-hybridized carbons (Fsp3) is 0.909. The summed E-state index contributed by atoms with van der Waals surface area (Å²) in [7, 11) is 0. The number of hydrogen-bond donors (Lipinski definition) is 2. The van der Waals surface area contributed by atoms with Crippen LogP contribution in [-0.4, -0.2) is 42.6 Å². The summed E-state index contributed by atoms with van der Waals surface area (Å²) in [4.78, 5) is 13.8. The summed E-state index contributed by atoms with van der Waals surface area (Å²) < 4.78 is 0. The Hall–Kier alpha value is -0.770. The van der Waals surface area contributed by atoms with E-state index in [2.05, 4.69) is 22.5 Å². The van der Waals surface area contributed by atoms with Gasteiger partial charge >= 0.3 is 6.03 Å². The van der Waals surface area contributed by atoms with Gasteiger partial charge in [-0.05, 0) is 38.8 Å². The van der Waals surface area contributed by atoms with Crippen LogP contribution in [-0.2, 0) is 0 Å². The molecule has 1 aliphatic carbocycles. The molecule has 0 spiro atoms. The van der Waals surface area contributed by atoms with Gasteiger partial charge in [-0.25, -0.2) is 4.79 Å². The molecule has 1 saturated carbocycles. The van der Waals surface area contributed by atoms with Gasteiger partial charge in [0.2, 0.25) is 0 Å². The molecule has 1 saturated heterocycles. The Labute approximate surface area is 91.4 Å². The summed E-state index contributed by atoms with van der Waals surface area (Å²) >= 11 is 0. The van der Waals surface area contributed by atoms with Crippen molar-refractivity contribution in [3.63, 3.8) is 0 Å². The third kappa shape index (κ3) is 3.09. The zero-order chi connectivity index (χ0) is 10.7. The second kappa shape index (κ2) is 4.84. The normalized spacial score (nSPS) is 26.6. The van der Waals surface area contributed by atoms with E-state index in [9.17, 15) is 4.79 Å². The zero-order valence-corrected chi connectivity index (χ0v) is 9.46. The largest absolute Gasteiger partial charge is 0.337 e. The second-order valence-electron chi connectivity index (χ2n) is 4.55. The van der Waals surface area contributed by atoms with Crippen molar-refractivity contribution in [3.05, 3.63) is 0 Å². The lowest BCUT2D eigenvalue weighted by Crippen LogP contribution is -2.44. The molecule has 0 bridgehead atoms. The first-order valence-electron chi connectivity index (χ1n) is 6.08. The molecule has 2 amide bonds. The van der Waals surface area contributed by atoms with Gasteiger partial charge in [0.05, 0.1) is 0 Å². The lowest BCUT2D eigenvalue weighted by atomic mass is 10.2. The van der Waals surface area contributed by atoms with Gasteiger partial charge in [-0.1, -0.05) is 6.92 Å². The highest BCUT2D eigenvalue weighted by Crippen LogP contribution is 2.18. The lowest BCUT2D eigenvalue weighted by molar-refractivity contribution is 0.228. The first kappa shape index (κ1) is 10.7. The number of nitrogens with one attached hydrogen (secondary N) is 2. The van der Waals surface area contributed by atoms with Crippen LogP contribution in [0.2, 0.25) is 0 Å². The summed E-state index contributed by atoms with van der Waals surface area (Å²) in [5.74, 6) is 0. The van der Waals surface area contributed by atoms with Crippen molar-refractivity contribution in [2.75, 3.05) is 19.6 Å². The van der Waals surface area contributed by atoms with Crippen molar-refractivity contribution < 1.29 is 4.79 Å². The predicted molar refractivity (Wildman–Crippen MR) is 59.8 cm³/mol. The number of amides is 2. The van der Waals surface area contributed by atoms with Gasteiger partial charge in [0.15, 0.2) is 0 Å². The Balaban J connectivity index is 1.65. The molecule has 2 aliphatic rings. The summed E-state index contributed by atoms with van der Waals surface area (Å²) in [6.07, 6.45) is 4.79. The van der Waals surface area contributed by atoms with E-state index < -0.39 is 0 Å². The van der Waals surface area contributed by atoms with E-state index in [1.165, 1.54) is 19.4 Å². The molecule has 1 atom stereocenters. The molecule has 15 heavy (non-hydrogen) atoms. The molecule has 4 nitrogen and oxygen atoms in total. The van der Waals surface area contributed by atoms with E-state index in [4.69, 9.17) is 0 Å². The summed E-state index contributed by atoms with van der Waals surface area (Å²) in [5.41, 5.74) is 0. The van der Waals surface area contributed by atoms with Gasteiger partial charge in [0.1, 0.15) is 0 Å². The van der Waals surface area contributed by atoms with E-state index in [1.54, 1.807) is 0 Å². The third-order valence-corrected chi connectivity index (χ3v) is 3.32. The number of hydrogen-bond acceptors (Lipinski definition) is 2. The molecule has 0 aromatic rings. The molecule has 4 heteroatoms. The Morgan fingerprint density at radius 3 is 2.87 bits per heavy atom. The number of nitrogens with zero attached hydrogens (tertiary/aromatic N) is 1. The highest BCUT2D eigenvalue weighted by atomic mass is 16.2. The molecule has 2 fully saturated rings. The fourth-order valence-corrected chi connectivity index (χ4v) is 2.22. The van der Waals surface area contributed by atoms with Crippen molar-refractivity contribution in [2.45, 2.75) is 44.7 Å². The average molecular weight is 211 g/mol. The molecule has 0 radical (unpaired) electrons. The molecular weight excluding hydrogens is 190 g/mol. The summed E-state index contributed by atoms with van der Waals surface area (Å²) in [6.45, 7) is 5.26. The Morgan fingerprint density at radius 1 is 1.40 bits per heavy atom. The van der Waals surface area contributed by atoms with Crippen LogP contribution in [0, 0.1) is 0 Å².